The number of hydrogen-bond donors (Lipinski definition) is 1. The monoisotopic (exact) mass is 226 g/mol. The van der Waals surface area contributed by atoms with Crippen molar-refractivity contribution >= 4 is 11.3 Å². The van der Waals surface area contributed by atoms with Crippen molar-refractivity contribution in [3.63, 3.8) is 0 Å². The van der Waals surface area contributed by atoms with Crippen LogP contribution in [-0.2, 0) is 17.6 Å². The maximum atomic E-state index is 5.42. The number of nitrogens with one attached hydrogen (secondary N) is 1. The second kappa shape index (κ2) is 5.58. The number of aromatic nitrogens is 1. The van der Waals surface area contributed by atoms with Crippen LogP contribution in [0.2, 0.25) is 0 Å². The van der Waals surface area contributed by atoms with Crippen molar-refractivity contribution in [1.29, 1.82) is 0 Å². The van der Waals surface area contributed by atoms with Gasteiger partial charge in [-0.3, -0.25) is 0 Å². The van der Waals surface area contributed by atoms with Crippen molar-refractivity contribution in [3.8, 4) is 0 Å². The molecule has 84 valence electrons. The van der Waals surface area contributed by atoms with Crippen molar-refractivity contribution in [2.75, 3.05) is 19.8 Å². The Bertz CT molecular complexity index is 295. The third kappa shape index (κ3) is 3.26. The highest BCUT2D eigenvalue weighted by atomic mass is 32.1. The fourth-order valence-corrected chi connectivity index (χ4v) is 2.63. The molecule has 1 aromatic heterocycles. The van der Waals surface area contributed by atoms with E-state index < -0.39 is 0 Å². The molecule has 0 aliphatic carbocycles. The summed E-state index contributed by atoms with van der Waals surface area (Å²) in [6, 6.07) is 0.521. The predicted molar refractivity (Wildman–Crippen MR) is 62.4 cm³/mol. The molecule has 0 saturated carbocycles. The first kappa shape index (κ1) is 11.0. The van der Waals surface area contributed by atoms with Gasteiger partial charge in [0.25, 0.3) is 0 Å². The summed E-state index contributed by atoms with van der Waals surface area (Å²) in [6.45, 7) is 4.85. The molecule has 1 aliphatic rings. The number of ether oxygens (including phenoxy) is 1. The van der Waals surface area contributed by atoms with E-state index in [4.69, 9.17) is 4.74 Å². The van der Waals surface area contributed by atoms with Gasteiger partial charge in [-0.2, -0.15) is 0 Å². The van der Waals surface area contributed by atoms with Gasteiger partial charge in [0, 0.05) is 24.4 Å². The predicted octanol–water partition coefficient (Wildman–Crippen LogP) is 1.63. The van der Waals surface area contributed by atoms with E-state index in [-0.39, 0.29) is 0 Å². The standard InChI is InChI=1S/C11H18N2OS/c1-2-9-8-15-11(13-9)4-3-10-7-14-6-5-12-10/h8,10,12H,2-7H2,1H3. The molecular formula is C11H18N2OS. The van der Waals surface area contributed by atoms with Gasteiger partial charge in [-0.15, -0.1) is 11.3 Å². The highest BCUT2D eigenvalue weighted by molar-refractivity contribution is 7.09. The summed E-state index contributed by atoms with van der Waals surface area (Å²) in [5, 5.41) is 6.89. The van der Waals surface area contributed by atoms with Gasteiger partial charge in [-0.05, 0) is 12.8 Å². The maximum Gasteiger partial charge on any atom is 0.0928 e. The molecule has 15 heavy (non-hydrogen) atoms. The van der Waals surface area contributed by atoms with E-state index in [0.29, 0.717) is 6.04 Å². The minimum Gasteiger partial charge on any atom is -0.379 e. The van der Waals surface area contributed by atoms with Crippen LogP contribution in [0.3, 0.4) is 0 Å². The van der Waals surface area contributed by atoms with Crippen LogP contribution >= 0.6 is 11.3 Å². The summed E-state index contributed by atoms with van der Waals surface area (Å²) >= 11 is 1.78. The van der Waals surface area contributed by atoms with Crippen LogP contribution in [0.1, 0.15) is 24.0 Å². The van der Waals surface area contributed by atoms with E-state index in [1.165, 1.54) is 10.7 Å². The SMILES string of the molecule is CCc1csc(CCC2COCCN2)n1. The third-order valence-electron chi connectivity index (χ3n) is 2.67. The van der Waals surface area contributed by atoms with E-state index in [2.05, 4.69) is 22.6 Å². The van der Waals surface area contributed by atoms with Gasteiger partial charge in [0.1, 0.15) is 0 Å². The van der Waals surface area contributed by atoms with Crippen molar-refractivity contribution in [1.82, 2.24) is 10.3 Å². The quantitative estimate of drug-likeness (QED) is 0.847. The minimum absolute atomic E-state index is 0.521. The Labute approximate surface area is 94.9 Å². The first-order valence-corrected chi connectivity index (χ1v) is 6.51. The zero-order chi connectivity index (χ0) is 10.5. The van der Waals surface area contributed by atoms with E-state index >= 15 is 0 Å². The molecule has 1 atom stereocenters. The molecule has 0 amide bonds. The van der Waals surface area contributed by atoms with Crippen LogP contribution in [0.4, 0.5) is 0 Å². The molecule has 4 heteroatoms. The van der Waals surface area contributed by atoms with E-state index in [1.54, 1.807) is 11.3 Å². The van der Waals surface area contributed by atoms with Gasteiger partial charge < -0.3 is 10.1 Å². The topological polar surface area (TPSA) is 34.1 Å². The number of morpholine rings is 1. The molecule has 0 aromatic carbocycles. The summed E-state index contributed by atoms with van der Waals surface area (Å²) in [5.41, 5.74) is 1.22. The fraction of sp³-hybridized carbons (Fsp3) is 0.727. The van der Waals surface area contributed by atoms with Crippen LogP contribution in [0, 0.1) is 0 Å². The number of nitrogens with zero attached hydrogens (tertiary/aromatic N) is 1. The Morgan fingerprint density at radius 2 is 2.60 bits per heavy atom. The van der Waals surface area contributed by atoms with Crippen LogP contribution in [0.25, 0.3) is 0 Å². The van der Waals surface area contributed by atoms with Crippen molar-refractivity contribution in [2.45, 2.75) is 32.2 Å². The lowest BCUT2D eigenvalue weighted by molar-refractivity contribution is 0.0743. The van der Waals surface area contributed by atoms with Crippen LogP contribution < -0.4 is 5.32 Å². The summed E-state index contributed by atoms with van der Waals surface area (Å²) in [7, 11) is 0. The van der Waals surface area contributed by atoms with Crippen molar-refractivity contribution in [2.24, 2.45) is 0 Å². The highest BCUT2D eigenvalue weighted by Gasteiger charge is 2.13. The second-order valence-corrected chi connectivity index (χ2v) is 4.79. The van der Waals surface area contributed by atoms with Gasteiger partial charge >= 0.3 is 0 Å². The largest absolute Gasteiger partial charge is 0.379 e. The molecule has 2 heterocycles. The Kier molecular flexibility index (Phi) is 4.11. The molecular weight excluding hydrogens is 208 g/mol. The Hall–Kier alpha value is -0.450. The van der Waals surface area contributed by atoms with Gasteiger partial charge in [-0.25, -0.2) is 4.98 Å². The molecule has 1 fully saturated rings. The van der Waals surface area contributed by atoms with Gasteiger partial charge in [0.05, 0.1) is 23.9 Å². The second-order valence-electron chi connectivity index (χ2n) is 3.85. The normalized spacial score (nSPS) is 21.8. The lowest BCUT2D eigenvalue weighted by Crippen LogP contribution is -2.41. The van der Waals surface area contributed by atoms with E-state index in [9.17, 15) is 0 Å². The van der Waals surface area contributed by atoms with Crippen LogP contribution in [0.5, 0.6) is 0 Å². The van der Waals surface area contributed by atoms with Crippen LogP contribution in [0.15, 0.2) is 5.38 Å². The van der Waals surface area contributed by atoms with E-state index in [1.807, 2.05) is 0 Å². The summed E-state index contributed by atoms with van der Waals surface area (Å²) in [4.78, 5) is 4.56. The summed E-state index contributed by atoms with van der Waals surface area (Å²) < 4.78 is 5.42. The molecule has 1 unspecified atom stereocenters. The zero-order valence-electron chi connectivity index (χ0n) is 9.16. The van der Waals surface area contributed by atoms with Gasteiger partial charge in [-0.1, -0.05) is 6.92 Å². The molecule has 0 spiro atoms. The third-order valence-corrected chi connectivity index (χ3v) is 3.62. The molecule has 1 saturated heterocycles. The Morgan fingerprint density at radius 3 is 3.27 bits per heavy atom. The first-order chi connectivity index (χ1) is 7.38. The van der Waals surface area contributed by atoms with Crippen LogP contribution in [-0.4, -0.2) is 30.8 Å². The molecule has 0 radical (unpaired) electrons. The summed E-state index contributed by atoms with van der Waals surface area (Å²) in [6.07, 6.45) is 3.25. The lowest BCUT2D eigenvalue weighted by Gasteiger charge is -2.23. The molecule has 3 nitrogen and oxygen atoms in total. The zero-order valence-corrected chi connectivity index (χ0v) is 9.98. The van der Waals surface area contributed by atoms with Crippen molar-refractivity contribution in [3.05, 3.63) is 16.1 Å². The van der Waals surface area contributed by atoms with Gasteiger partial charge in [0.15, 0.2) is 0 Å². The number of aryl methyl sites for hydroxylation is 2. The minimum atomic E-state index is 0.521. The average molecular weight is 226 g/mol. The Balaban J connectivity index is 1.76. The number of hydrogen-bond acceptors (Lipinski definition) is 4. The van der Waals surface area contributed by atoms with Gasteiger partial charge in [0.2, 0.25) is 0 Å². The first-order valence-electron chi connectivity index (χ1n) is 5.63. The summed E-state index contributed by atoms with van der Waals surface area (Å²) in [5.74, 6) is 0. The Morgan fingerprint density at radius 1 is 1.67 bits per heavy atom. The fourth-order valence-electron chi connectivity index (χ4n) is 1.73. The molecule has 1 N–H and O–H groups in total. The molecule has 1 aromatic rings. The number of thiazole rings is 1. The molecule has 1 aliphatic heterocycles. The number of rotatable bonds is 4. The maximum absolute atomic E-state index is 5.42. The average Bonchev–Trinajstić information content (AvgIpc) is 2.76. The van der Waals surface area contributed by atoms with E-state index in [0.717, 1.165) is 39.0 Å². The molecule has 0 bridgehead atoms. The highest BCUT2D eigenvalue weighted by Crippen LogP contribution is 2.13. The smallest absolute Gasteiger partial charge is 0.0928 e. The van der Waals surface area contributed by atoms with Crippen molar-refractivity contribution < 1.29 is 4.74 Å². The molecule has 2 rings (SSSR count). The lowest BCUT2D eigenvalue weighted by atomic mass is 10.1.